The van der Waals surface area contributed by atoms with E-state index in [1.807, 2.05) is 25.6 Å². The SMILES string of the molecule is CCC[CH2][Sn]([CH2]CCC)([CH2]CCC)[C]1=C(P(=O)(OCC)OCC)SCCCS1. The van der Waals surface area contributed by atoms with E-state index in [1.54, 1.807) is 14.7 Å². The van der Waals surface area contributed by atoms with Crippen molar-refractivity contribution in [1.82, 2.24) is 0 Å². The Morgan fingerprint density at radius 2 is 1.29 bits per heavy atom. The van der Waals surface area contributed by atoms with E-state index >= 15 is 0 Å². The minimum absolute atomic E-state index is 0.445. The van der Waals surface area contributed by atoms with Crippen molar-refractivity contribution in [3.05, 3.63) is 7.57 Å². The molecule has 0 unspecified atom stereocenters. The van der Waals surface area contributed by atoms with E-state index < -0.39 is 26.0 Å². The fraction of sp³-hybridized carbons (Fsp3) is 0.905. The van der Waals surface area contributed by atoms with Gasteiger partial charge in [0, 0.05) is 0 Å². The molecule has 0 fully saturated rings. The van der Waals surface area contributed by atoms with Gasteiger partial charge in [-0.1, -0.05) is 0 Å². The molecule has 166 valence electrons. The van der Waals surface area contributed by atoms with Gasteiger partial charge in [-0.05, 0) is 0 Å². The summed E-state index contributed by atoms with van der Waals surface area (Å²) in [6.45, 7) is 11.7. The van der Waals surface area contributed by atoms with Crippen LogP contribution in [0.15, 0.2) is 7.57 Å². The summed E-state index contributed by atoms with van der Waals surface area (Å²) in [6.07, 6.45) is 8.90. The van der Waals surface area contributed by atoms with Gasteiger partial charge in [0.1, 0.15) is 0 Å². The number of hydrogen-bond donors (Lipinski definition) is 0. The summed E-state index contributed by atoms with van der Waals surface area (Å²) in [5.74, 6) is 2.19. The van der Waals surface area contributed by atoms with E-state index in [-0.39, 0.29) is 0 Å². The molecule has 1 aliphatic rings. The predicted octanol–water partition coefficient (Wildman–Crippen LogP) is 8.68. The summed E-state index contributed by atoms with van der Waals surface area (Å²) in [4.78, 5) is 0. The zero-order valence-electron chi connectivity index (χ0n) is 18.9. The molecule has 0 spiro atoms. The van der Waals surface area contributed by atoms with Crippen LogP contribution in [0.2, 0.25) is 13.3 Å². The third-order valence-electron chi connectivity index (χ3n) is 5.32. The molecule has 1 aliphatic heterocycles. The fourth-order valence-corrected chi connectivity index (χ4v) is 33.5. The van der Waals surface area contributed by atoms with Crippen molar-refractivity contribution in [2.75, 3.05) is 24.7 Å². The van der Waals surface area contributed by atoms with Gasteiger partial charge >= 0.3 is 188 Å². The Morgan fingerprint density at radius 3 is 1.71 bits per heavy atom. The molecular formula is C21H43O3PS2Sn. The Hall–Kier alpha value is 1.39. The van der Waals surface area contributed by atoms with Gasteiger partial charge in [-0.3, -0.25) is 0 Å². The first-order chi connectivity index (χ1) is 13.5. The van der Waals surface area contributed by atoms with Crippen LogP contribution in [-0.2, 0) is 13.6 Å². The third-order valence-corrected chi connectivity index (χ3v) is 30.5. The second kappa shape index (κ2) is 15.2. The van der Waals surface area contributed by atoms with Crippen molar-refractivity contribution >= 4 is 49.5 Å². The van der Waals surface area contributed by atoms with Gasteiger partial charge < -0.3 is 0 Å². The first kappa shape index (κ1) is 27.4. The average Bonchev–Trinajstić information content (AvgIpc) is 2.95. The molecule has 0 atom stereocenters. The first-order valence-electron chi connectivity index (χ1n) is 11.4. The van der Waals surface area contributed by atoms with E-state index in [4.69, 9.17) is 9.05 Å². The van der Waals surface area contributed by atoms with Crippen LogP contribution >= 0.6 is 31.1 Å². The Bertz CT molecular complexity index is 482. The van der Waals surface area contributed by atoms with Crippen LogP contribution < -0.4 is 0 Å². The second-order valence-electron chi connectivity index (χ2n) is 7.61. The molecule has 0 aliphatic carbocycles. The number of thioether (sulfide) groups is 2. The van der Waals surface area contributed by atoms with Crippen molar-refractivity contribution in [3.8, 4) is 0 Å². The molecule has 1 rings (SSSR count). The molecule has 28 heavy (non-hydrogen) atoms. The van der Waals surface area contributed by atoms with Gasteiger partial charge in [0.15, 0.2) is 0 Å². The molecule has 0 aromatic heterocycles. The topological polar surface area (TPSA) is 35.5 Å². The summed E-state index contributed by atoms with van der Waals surface area (Å²) < 4.78 is 32.5. The summed E-state index contributed by atoms with van der Waals surface area (Å²) in [5, 5.41) is 0. The van der Waals surface area contributed by atoms with Crippen LogP contribution in [0, 0.1) is 0 Å². The molecule has 0 N–H and O–H groups in total. The molecule has 0 bridgehead atoms. The van der Waals surface area contributed by atoms with E-state index in [1.165, 1.54) is 58.3 Å². The van der Waals surface area contributed by atoms with Gasteiger partial charge in [-0.25, -0.2) is 0 Å². The molecule has 1 heterocycles. The molecule has 0 radical (unpaired) electrons. The Balaban J connectivity index is 3.55. The molecule has 0 saturated heterocycles. The first-order valence-corrected chi connectivity index (χ1v) is 22.4. The zero-order chi connectivity index (χ0) is 20.9. The van der Waals surface area contributed by atoms with Gasteiger partial charge in [0.25, 0.3) is 0 Å². The van der Waals surface area contributed by atoms with Gasteiger partial charge in [-0.2, -0.15) is 0 Å². The van der Waals surface area contributed by atoms with Crippen molar-refractivity contribution in [1.29, 1.82) is 0 Å². The maximum absolute atomic E-state index is 13.9. The van der Waals surface area contributed by atoms with Crippen LogP contribution in [-0.4, -0.2) is 43.1 Å². The second-order valence-corrected chi connectivity index (χ2v) is 26.1. The molecular weight excluding hydrogens is 514 g/mol. The van der Waals surface area contributed by atoms with E-state index in [0.29, 0.717) is 13.2 Å². The van der Waals surface area contributed by atoms with E-state index in [9.17, 15) is 4.57 Å². The summed E-state index contributed by atoms with van der Waals surface area (Å²) in [7, 11) is -3.20. The molecule has 0 saturated carbocycles. The van der Waals surface area contributed by atoms with Crippen LogP contribution in [0.25, 0.3) is 0 Å². The summed E-state index contributed by atoms with van der Waals surface area (Å²) in [5.41, 5.74) is 0. The normalized spacial score (nSPS) is 16.5. The molecule has 0 aromatic carbocycles. The van der Waals surface area contributed by atoms with E-state index in [0.717, 1.165) is 16.2 Å². The standard InChI is InChI=1S/C9H16O3PS2.3C4H9.Sn/c1-3-11-13(10,12-4-2)9-8-14-6-5-7-15-9;3*1-3-4-2;/h3-7H2,1-2H3;3*1,3-4H2,2H3;. The Kier molecular flexibility index (Phi) is 14.9. The van der Waals surface area contributed by atoms with Gasteiger partial charge in [0.05, 0.1) is 0 Å². The summed E-state index contributed by atoms with van der Waals surface area (Å²) in [6, 6.07) is 0. The number of unbranched alkanes of at least 4 members (excludes halogenated alkanes) is 3. The predicted molar refractivity (Wildman–Crippen MR) is 132 cm³/mol. The van der Waals surface area contributed by atoms with Crippen LogP contribution in [0.3, 0.4) is 0 Å². The van der Waals surface area contributed by atoms with Crippen molar-refractivity contribution in [2.24, 2.45) is 0 Å². The van der Waals surface area contributed by atoms with Gasteiger partial charge in [0.2, 0.25) is 0 Å². The number of rotatable bonds is 15. The van der Waals surface area contributed by atoms with Crippen LogP contribution in [0.1, 0.15) is 79.6 Å². The van der Waals surface area contributed by atoms with E-state index in [2.05, 4.69) is 20.8 Å². The van der Waals surface area contributed by atoms with Crippen molar-refractivity contribution in [3.63, 3.8) is 0 Å². The van der Waals surface area contributed by atoms with Crippen molar-refractivity contribution < 1.29 is 13.6 Å². The third kappa shape index (κ3) is 8.15. The average molecular weight is 557 g/mol. The fourth-order valence-electron chi connectivity index (χ4n) is 3.87. The minimum atomic E-state index is -3.20. The molecule has 3 nitrogen and oxygen atoms in total. The van der Waals surface area contributed by atoms with Crippen LogP contribution in [0.5, 0.6) is 0 Å². The molecule has 0 amide bonds. The number of hydrogen-bond acceptors (Lipinski definition) is 5. The summed E-state index contributed by atoms with van der Waals surface area (Å²) >= 11 is 1.17. The van der Waals surface area contributed by atoms with Crippen LogP contribution in [0.4, 0.5) is 0 Å². The molecule has 7 heteroatoms. The zero-order valence-corrected chi connectivity index (χ0v) is 24.3. The molecule has 0 aromatic rings. The maximum atomic E-state index is 13.9. The Morgan fingerprint density at radius 1 is 0.821 bits per heavy atom. The van der Waals surface area contributed by atoms with Crippen molar-refractivity contribution in [2.45, 2.75) is 92.9 Å². The Labute approximate surface area is 187 Å². The van der Waals surface area contributed by atoms with Gasteiger partial charge in [-0.15, -0.1) is 0 Å². The quantitative estimate of drug-likeness (QED) is 0.149. The monoisotopic (exact) mass is 558 g/mol.